The lowest BCUT2D eigenvalue weighted by molar-refractivity contribution is -0.144. The van der Waals surface area contributed by atoms with E-state index in [0.717, 1.165) is 12.1 Å². The van der Waals surface area contributed by atoms with Gasteiger partial charge in [0, 0.05) is 12.1 Å². The Morgan fingerprint density at radius 3 is 2.43 bits per heavy atom. The van der Waals surface area contributed by atoms with Crippen molar-refractivity contribution >= 4 is 5.97 Å². The number of carbonyl (C=O) groups excluding carboxylic acids is 1. The minimum atomic E-state index is -0.813. The molecule has 1 aromatic rings. The Hall–Kier alpha value is -2.00. The molecule has 2 unspecified atom stereocenters. The van der Waals surface area contributed by atoms with Crippen molar-refractivity contribution in [2.75, 3.05) is 7.11 Å². The molecule has 0 aliphatic rings. The second kappa shape index (κ2) is 7.70. The van der Waals surface area contributed by atoms with Crippen molar-refractivity contribution in [2.24, 2.45) is 5.92 Å². The number of halogens is 2. The van der Waals surface area contributed by atoms with Gasteiger partial charge in [0.2, 0.25) is 0 Å². The average molecular weight is 296 g/mol. The van der Waals surface area contributed by atoms with Crippen LogP contribution in [-0.2, 0) is 16.1 Å². The van der Waals surface area contributed by atoms with Gasteiger partial charge >= 0.3 is 5.97 Å². The van der Waals surface area contributed by atoms with Crippen LogP contribution in [0.5, 0.6) is 0 Å². The number of rotatable bonds is 6. The second-order valence-electron chi connectivity index (χ2n) is 4.80. The molecule has 6 heteroatoms. The van der Waals surface area contributed by atoms with Crippen LogP contribution < -0.4 is 5.32 Å². The molecule has 21 heavy (non-hydrogen) atoms. The van der Waals surface area contributed by atoms with Gasteiger partial charge in [0.05, 0.1) is 18.7 Å². The summed E-state index contributed by atoms with van der Waals surface area (Å²) in [5.41, 5.74) is -0.286. The van der Waals surface area contributed by atoms with E-state index in [0.29, 0.717) is 6.42 Å². The third-order valence-corrected chi connectivity index (χ3v) is 3.44. The fraction of sp³-hybridized carbons (Fsp3) is 0.467. The highest BCUT2D eigenvalue weighted by Gasteiger charge is 2.25. The van der Waals surface area contributed by atoms with Gasteiger partial charge in [-0.3, -0.25) is 10.1 Å². The summed E-state index contributed by atoms with van der Waals surface area (Å²) in [5.74, 6) is -2.14. The summed E-state index contributed by atoms with van der Waals surface area (Å²) in [6.07, 6.45) is 0.713. The minimum absolute atomic E-state index is 0.0399. The Kier molecular flexibility index (Phi) is 6.25. The fourth-order valence-electron chi connectivity index (χ4n) is 1.93. The lowest BCUT2D eigenvalue weighted by Crippen LogP contribution is -2.42. The quantitative estimate of drug-likeness (QED) is 0.819. The molecule has 0 radical (unpaired) electrons. The van der Waals surface area contributed by atoms with Crippen molar-refractivity contribution in [2.45, 2.75) is 32.9 Å². The molecular weight excluding hydrogens is 278 g/mol. The molecule has 0 amide bonds. The highest BCUT2D eigenvalue weighted by molar-refractivity contribution is 5.76. The Morgan fingerprint density at radius 2 is 2.00 bits per heavy atom. The van der Waals surface area contributed by atoms with Crippen molar-refractivity contribution in [1.29, 1.82) is 5.26 Å². The van der Waals surface area contributed by atoms with Crippen molar-refractivity contribution in [1.82, 2.24) is 5.32 Å². The number of nitriles is 1. The van der Waals surface area contributed by atoms with Crippen molar-refractivity contribution in [3.05, 3.63) is 34.9 Å². The van der Waals surface area contributed by atoms with Gasteiger partial charge in [-0.2, -0.15) is 5.26 Å². The maximum absolute atomic E-state index is 13.8. The third-order valence-electron chi connectivity index (χ3n) is 3.44. The molecule has 0 saturated heterocycles. The number of nitrogens with one attached hydrogen (secondary N) is 1. The van der Waals surface area contributed by atoms with E-state index >= 15 is 0 Å². The number of nitrogens with zero attached hydrogens (tertiary/aromatic N) is 1. The largest absolute Gasteiger partial charge is 0.468 e. The SMILES string of the molecule is CCC(C)C(NCc1c(F)cc(C#N)cc1F)C(=O)OC. The van der Waals surface area contributed by atoms with Crippen LogP contribution in [-0.4, -0.2) is 19.1 Å². The summed E-state index contributed by atoms with van der Waals surface area (Å²) in [5, 5.41) is 11.5. The van der Waals surface area contributed by atoms with Crippen LogP contribution in [0.3, 0.4) is 0 Å². The minimum Gasteiger partial charge on any atom is -0.468 e. The van der Waals surface area contributed by atoms with Gasteiger partial charge in [-0.15, -0.1) is 0 Å². The molecule has 4 nitrogen and oxygen atoms in total. The van der Waals surface area contributed by atoms with E-state index in [2.05, 4.69) is 10.1 Å². The second-order valence-corrected chi connectivity index (χ2v) is 4.80. The Bertz CT molecular complexity index is 532. The number of hydrogen-bond acceptors (Lipinski definition) is 4. The lowest BCUT2D eigenvalue weighted by atomic mass is 9.99. The number of benzene rings is 1. The van der Waals surface area contributed by atoms with Crippen LogP contribution >= 0.6 is 0 Å². The molecule has 2 atom stereocenters. The summed E-state index contributed by atoms with van der Waals surface area (Å²) in [6, 6.07) is 2.97. The van der Waals surface area contributed by atoms with Gasteiger partial charge in [0.1, 0.15) is 17.7 Å². The van der Waals surface area contributed by atoms with Gasteiger partial charge in [-0.05, 0) is 18.1 Å². The number of hydrogen-bond donors (Lipinski definition) is 1. The first-order chi connectivity index (χ1) is 9.94. The van der Waals surface area contributed by atoms with E-state index in [4.69, 9.17) is 5.26 Å². The Morgan fingerprint density at radius 1 is 1.43 bits per heavy atom. The molecular formula is C15H18F2N2O2. The molecule has 0 heterocycles. The van der Waals surface area contributed by atoms with Gasteiger partial charge in [0.25, 0.3) is 0 Å². The average Bonchev–Trinajstić information content (AvgIpc) is 2.48. The number of carbonyl (C=O) groups is 1. The van der Waals surface area contributed by atoms with Gasteiger partial charge in [0.15, 0.2) is 0 Å². The maximum Gasteiger partial charge on any atom is 0.323 e. The molecule has 0 aliphatic carbocycles. The van der Waals surface area contributed by atoms with Crippen LogP contribution in [0, 0.1) is 28.9 Å². The van der Waals surface area contributed by atoms with E-state index in [9.17, 15) is 13.6 Å². The highest BCUT2D eigenvalue weighted by Crippen LogP contribution is 2.16. The lowest BCUT2D eigenvalue weighted by Gasteiger charge is -2.22. The molecule has 1 rings (SSSR count). The molecule has 0 aliphatic heterocycles. The van der Waals surface area contributed by atoms with Crippen LogP contribution in [0.25, 0.3) is 0 Å². The Balaban J connectivity index is 2.91. The molecule has 0 aromatic heterocycles. The molecule has 0 bridgehead atoms. The maximum atomic E-state index is 13.8. The van der Waals surface area contributed by atoms with Crippen molar-refractivity contribution in [3.63, 3.8) is 0 Å². The number of esters is 1. The summed E-state index contributed by atoms with van der Waals surface area (Å²) in [6.45, 7) is 3.60. The normalized spacial score (nSPS) is 13.3. The van der Waals surface area contributed by atoms with Crippen molar-refractivity contribution in [3.8, 4) is 6.07 Å². The summed E-state index contributed by atoms with van der Waals surface area (Å²) in [7, 11) is 1.27. The van der Waals surface area contributed by atoms with Gasteiger partial charge in [-0.1, -0.05) is 20.3 Å². The van der Waals surface area contributed by atoms with Crippen LogP contribution in [0.15, 0.2) is 12.1 Å². The molecule has 1 N–H and O–H groups in total. The first-order valence-electron chi connectivity index (χ1n) is 6.63. The molecule has 0 fully saturated rings. The van der Waals surface area contributed by atoms with Crippen molar-refractivity contribution < 1.29 is 18.3 Å². The van der Waals surface area contributed by atoms with Gasteiger partial charge < -0.3 is 4.74 Å². The Labute approximate surface area is 122 Å². The summed E-state index contributed by atoms with van der Waals surface area (Å²) >= 11 is 0. The van der Waals surface area contributed by atoms with Crippen LogP contribution in [0.1, 0.15) is 31.4 Å². The molecule has 0 saturated carbocycles. The molecule has 1 aromatic carbocycles. The standard InChI is InChI=1S/C15H18F2N2O2/c1-4-9(2)14(15(20)21-3)19-8-11-12(16)5-10(7-18)6-13(11)17/h5-6,9,14,19H,4,8H2,1-3H3. The summed E-state index contributed by atoms with van der Waals surface area (Å²) in [4.78, 5) is 11.7. The van der Waals surface area contributed by atoms with Gasteiger partial charge in [-0.25, -0.2) is 8.78 Å². The first kappa shape index (κ1) is 17.1. The first-order valence-corrected chi connectivity index (χ1v) is 6.63. The van der Waals surface area contributed by atoms with E-state index in [1.807, 2.05) is 13.8 Å². The van der Waals surface area contributed by atoms with Crippen LogP contribution in [0.4, 0.5) is 8.78 Å². The summed E-state index contributed by atoms with van der Waals surface area (Å²) < 4.78 is 32.2. The molecule has 0 spiro atoms. The zero-order chi connectivity index (χ0) is 16.0. The van der Waals surface area contributed by atoms with Crippen LogP contribution in [0.2, 0.25) is 0 Å². The highest BCUT2D eigenvalue weighted by atomic mass is 19.1. The third kappa shape index (κ3) is 4.23. The smallest absolute Gasteiger partial charge is 0.323 e. The van der Waals surface area contributed by atoms with E-state index < -0.39 is 23.6 Å². The zero-order valence-corrected chi connectivity index (χ0v) is 12.2. The monoisotopic (exact) mass is 296 g/mol. The number of ether oxygens (including phenoxy) is 1. The number of methoxy groups -OCH3 is 1. The molecule has 114 valence electrons. The predicted molar refractivity (Wildman–Crippen MR) is 73.2 cm³/mol. The van der Waals surface area contributed by atoms with E-state index in [1.165, 1.54) is 7.11 Å². The topological polar surface area (TPSA) is 62.1 Å². The van der Waals surface area contributed by atoms with E-state index in [-0.39, 0.29) is 23.6 Å². The fourth-order valence-corrected chi connectivity index (χ4v) is 1.93. The predicted octanol–water partition coefficient (Wildman–Crippen LogP) is 2.51. The zero-order valence-electron chi connectivity index (χ0n) is 12.2. The van der Waals surface area contributed by atoms with E-state index in [1.54, 1.807) is 6.07 Å².